The predicted molar refractivity (Wildman–Crippen MR) is 62.5 cm³/mol. The summed E-state index contributed by atoms with van der Waals surface area (Å²) in [5, 5.41) is 0. The van der Waals surface area contributed by atoms with Gasteiger partial charge in [-0.05, 0) is 23.5 Å². The third kappa shape index (κ3) is 2.57. The fourth-order valence-electron chi connectivity index (χ4n) is 1.97. The van der Waals surface area contributed by atoms with E-state index < -0.39 is 0 Å². The van der Waals surface area contributed by atoms with Gasteiger partial charge in [0.2, 0.25) is 0 Å². The molecule has 0 amide bonds. The lowest BCUT2D eigenvalue weighted by Crippen LogP contribution is -2.51. The van der Waals surface area contributed by atoms with Gasteiger partial charge in [0.05, 0.1) is 5.69 Å². The molecular formula is C13H20N2. The Kier molecular flexibility index (Phi) is 2.79. The Morgan fingerprint density at radius 2 is 2.07 bits per heavy atom. The van der Waals surface area contributed by atoms with E-state index in [0.717, 1.165) is 12.5 Å². The van der Waals surface area contributed by atoms with Gasteiger partial charge in [0.25, 0.3) is 0 Å². The quantitative estimate of drug-likeness (QED) is 0.736. The summed E-state index contributed by atoms with van der Waals surface area (Å²) in [5.74, 6) is 0.848. The van der Waals surface area contributed by atoms with Crippen molar-refractivity contribution in [1.82, 2.24) is 9.88 Å². The highest BCUT2D eigenvalue weighted by molar-refractivity contribution is 5.04. The zero-order valence-corrected chi connectivity index (χ0v) is 9.90. The highest BCUT2D eigenvalue weighted by Crippen LogP contribution is 2.33. The van der Waals surface area contributed by atoms with Gasteiger partial charge in [-0.3, -0.25) is 9.88 Å². The highest BCUT2D eigenvalue weighted by Gasteiger charge is 2.35. The topological polar surface area (TPSA) is 16.1 Å². The molecule has 1 aromatic heterocycles. The minimum atomic E-state index is 0.459. The SMILES string of the molecule is CC(C)(C)C1CN(Cc2ccccn2)C1. The van der Waals surface area contributed by atoms with Crippen molar-refractivity contribution >= 4 is 0 Å². The van der Waals surface area contributed by atoms with Crippen molar-refractivity contribution in [3.05, 3.63) is 30.1 Å². The molecule has 0 N–H and O–H groups in total. The van der Waals surface area contributed by atoms with E-state index in [9.17, 15) is 0 Å². The molecule has 2 heteroatoms. The molecule has 0 saturated carbocycles. The van der Waals surface area contributed by atoms with Crippen LogP contribution in [0.2, 0.25) is 0 Å². The summed E-state index contributed by atoms with van der Waals surface area (Å²) in [6.07, 6.45) is 1.87. The Bertz CT molecular complexity index is 307. The van der Waals surface area contributed by atoms with Crippen LogP contribution in [0.15, 0.2) is 24.4 Å². The standard InChI is InChI=1S/C13H20N2/c1-13(2,3)11-8-15(9-11)10-12-6-4-5-7-14-12/h4-7,11H,8-10H2,1-3H3. The first-order chi connectivity index (χ1) is 7.05. The second kappa shape index (κ2) is 3.93. The van der Waals surface area contributed by atoms with E-state index in [1.165, 1.54) is 18.8 Å². The lowest BCUT2D eigenvalue weighted by Gasteiger charge is -2.46. The third-order valence-corrected chi connectivity index (χ3v) is 3.29. The van der Waals surface area contributed by atoms with E-state index in [-0.39, 0.29) is 0 Å². The number of rotatable bonds is 2. The Labute approximate surface area is 92.3 Å². The summed E-state index contributed by atoms with van der Waals surface area (Å²) in [6, 6.07) is 6.13. The monoisotopic (exact) mass is 204 g/mol. The van der Waals surface area contributed by atoms with Gasteiger partial charge in [-0.1, -0.05) is 26.8 Å². The minimum Gasteiger partial charge on any atom is -0.297 e. The largest absolute Gasteiger partial charge is 0.297 e. The molecule has 1 fully saturated rings. The van der Waals surface area contributed by atoms with E-state index in [1.807, 2.05) is 12.3 Å². The van der Waals surface area contributed by atoms with Gasteiger partial charge in [0.15, 0.2) is 0 Å². The van der Waals surface area contributed by atoms with Gasteiger partial charge in [-0.2, -0.15) is 0 Å². The number of nitrogens with zero attached hydrogens (tertiary/aromatic N) is 2. The van der Waals surface area contributed by atoms with E-state index in [0.29, 0.717) is 5.41 Å². The van der Waals surface area contributed by atoms with Crippen LogP contribution in [0.3, 0.4) is 0 Å². The van der Waals surface area contributed by atoms with E-state index in [4.69, 9.17) is 0 Å². The molecule has 2 rings (SSSR count). The first-order valence-corrected chi connectivity index (χ1v) is 5.68. The molecule has 2 heterocycles. The Morgan fingerprint density at radius 3 is 2.60 bits per heavy atom. The molecule has 1 aliphatic heterocycles. The molecule has 2 nitrogen and oxygen atoms in total. The maximum absolute atomic E-state index is 4.35. The first-order valence-electron chi connectivity index (χ1n) is 5.68. The number of hydrogen-bond acceptors (Lipinski definition) is 2. The molecule has 1 saturated heterocycles. The van der Waals surface area contributed by atoms with Crippen LogP contribution in [0.1, 0.15) is 26.5 Å². The summed E-state index contributed by atoms with van der Waals surface area (Å²) in [7, 11) is 0. The van der Waals surface area contributed by atoms with Crippen molar-refractivity contribution < 1.29 is 0 Å². The van der Waals surface area contributed by atoms with Crippen molar-refractivity contribution in [2.75, 3.05) is 13.1 Å². The number of likely N-dealkylation sites (tertiary alicyclic amines) is 1. The van der Waals surface area contributed by atoms with Crippen molar-refractivity contribution in [3.8, 4) is 0 Å². The summed E-state index contributed by atoms with van der Waals surface area (Å²) in [5.41, 5.74) is 1.64. The van der Waals surface area contributed by atoms with Gasteiger partial charge in [-0.25, -0.2) is 0 Å². The smallest absolute Gasteiger partial charge is 0.0543 e. The molecule has 0 atom stereocenters. The first kappa shape index (κ1) is 10.6. The van der Waals surface area contributed by atoms with Crippen LogP contribution in [-0.2, 0) is 6.54 Å². The summed E-state index contributed by atoms with van der Waals surface area (Å²) in [4.78, 5) is 6.82. The average molecular weight is 204 g/mol. The Balaban J connectivity index is 1.82. The van der Waals surface area contributed by atoms with Crippen molar-refractivity contribution in [1.29, 1.82) is 0 Å². The second-order valence-corrected chi connectivity index (χ2v) is 5.58. The highest BCUT2D eigenvalue weighted by atomic mass is 15.2. The molecule has 0 aliphatic carbocycles. The van der Waals surface area contributed by atoms with Gasteiger partial charge < -0.3 is 0 Å². The lowest BCUT2D eigenvalue weighted by molar-refractivity contribution is 0.0181. The molecule has 1 aliphatic rings. The summed E-state index contributed by atoms with van der Waals surface area (Å²) >= 11 is 0. The molecular weight excluding hydrogens is 184 g/mol. The van der Waals surface area contributed by atoms with Crippen LogP contribution < -0.4 is 0 Å². The van der Waals surface area contributed by atoms with Crippen LogP contribution in [0, 0.1) is 11.3 Å². The molecule has 0 aromatic carbocycles. The number of pyridine rings is 1. The molecule has 82 valence electrons. The van der Waals surface area contributed by atoms with E-state index >= 15 is 0 Å². The zero-order chi connectivity index (χ0) is 10.9. The van der Waals surface area contributed by atoms with Crippen LogP contribution in [-0.4, -0.2) is 23.0 Å². The maximum Gasteiger partial charge on any atom is 0.0543 e. The third-order valence-electron chi connectivity index (χ3n) is 3.29. The molecule has 15 heavy (non-hydrogen) atoms. The van der Waals surface area contributed by atoms with E-state index in [2.05, 4.69) is 42.8 Å². The van der Waals surface area contributed by atoms with Crippen molar-refractivity contribution in [3.63, 3.8) is 0 Å². The normalized spacial score (nSPS) is 18.9. The van der Waals surface area contributed by atoms with Gasteiger partial charge >= 0.3 is 0 Å². The van der Waals surface area contributed by atoms with Crippen LogP contribution in [0.25, 0.3) is 0 Å². The van der Waals surface area contributed by atoms with Crippen molar-refractivity contribution in [2.24, 2.45) is 11.3 Å². The number of hydrogen-bond donors (Lipinski definition) is 0. The fourth-order valence-corrected chi connectivity index (χ4v) is 1.97. The summed E-state index contributed by atoms with van der Waals surface area (Å²) in [6.45, 7) is 10.4. The van der Waals surface area contributed by atoms with Crippen LogP contribution in [0.5, 0.6) is 0 Å². The average Bonchev–Trinajstić information content (AvgIpc) is 2.10. The fraction of sp³-hybridized carbons (Fsp3) is 0.615. The van der Waals surface area contributed by atoms with Gasteiger partial charge in [-0.15, -0.1) is 0 Å². The van der Waals surface area contributed by atoms with Crippen LogP contribution in [0.4, 0.5) is 0 Å². The second-order valence-electron chi connectivity index (χ2n) is 5.58. The van der Waals surface area contributed by atoms with E-state index in [1.54, 1.807) is 0 Å². The lowest BCUT2D eigenvalue weighted by atomic mass is 9.76. The molecule has 0 unspecified atom stereocenters. The predicted octanol–water partition coefficient (Wildman–Crippen LogP) is 2.56. The maximum atomic E-state index is 4.35. The summed E-state index contributed by atoms with van der Waals surface area (Å²) < 4.78 is 0. The Hall–Kier alpha value is -0.890. The van der Waals surface area contributed by atoms with Crippen molar-refractivity contribution in [2.45, 2.75) is 27.3 Å². The zero-order valence-electron chi connectivity index (χ0n) is 9.90. The minimum absolute atomic E-state index is 0.459. The molecule has 0 spiro atoms. The Morgan fingerprint density at radius 1 is 1.33 bits per heavy atom. The molecule has 0 bridgehead atoms. The molecule has 1 aromatic rings. The van der Waals surface area contributed by atoms with Gasteiger partial charge in [0, 0.05) is 25.8 Å². The molecule has 0 radical (unpaired) electrons. The van der Waals surface area contributed by atoms with Crippen LogP contribution >= 0.6 is 0 Å². The number of aromatic nitrogens is 1. The van der Waals surface area contributed by atoms with Gasteiger partial charge in [0.1, 0.15) is 0 Å².